The van der Waals surface area contributed by atoms with Crippen LogP contribution in [0.25, 0.3) is 10.9 Å². The Bertz CT molecular complexity index is 706. The number of pyridine rings is 1. The Morgan fingerprint density at radius 2 is 2.15 bits per heavy atom. The van der Waals surface area contributed by atoms with E-state index in [1.807, 2.05) is 18.2 Å². The van der Waals surface area contributed by atoms with Gasteiger partial charge in [0.2, 0.25) is 0 Å². The second kappa shape index (κ2) is 4.83. The van der Waals surface area contributed by atoms with Crippen LogP contribution >= 0.6 is 0 Å². The first-order chi connectivity index (χ1) is 9.60. The van der Waals surface area contributed by atoms with Crippen LogP contribution < -0.4 is 16.6 Å². The molecule has 0 radical (unpaired) electrons. The number of nitrogen functional groups attached to an aromatic ring is 1. The summed E-state index contributed by atoms with van der Waals surface area (Å²) >= 11 is 0. The van der Waals surface area contributed by atoms with E-state index in [9.17, 15) is 4.79 Å². The number of hydrogen-bond donors (Lipinski definition) is 2. The number of aromatic nitrogens is 1. The molecule has 0 bridgehead atoms. The van der Waals surface area contributed by atoms with E-state index >= 15 is 0 Å². The Labute approximate surface area is 117 Å². The van der Waals surface area contributed by atoms with Gasteiger partial charge < -0.3 is 20.4 Å². The molecule has 1 aromatic heterocycles. The average Bonchev–Trinajstić information content (AvgIpc) is 2.40. The van der Waals surface area contributed by atoms with Gasteiger partial charge in [-0.25, -0.2) is 0 Å². The lowest BCUT2D eigenvalue weighted by Gasteiger charge is -2.36. The molecular formula is C15H19N3O2. The number of aryl methyl sites for hydroxylation is 1. The highest BCUT2D eigenvalue weighted by molar-refractivity contribution is 5.93. The van der Waals surface area contributed by atoms with Crippen LogP contribution in [-0.4, -0.2) is 23.8 Å². The molecule has 1 aromatic carbocycles. The van der Waals surface area contributed by atoms with Crippen LogP contribution in [0.4, 0.5) is 11.4 Å². The van der Waals surface area contributed by atoms with Crippen molar-refractivity contribution in [1.82, 2.24) is 4.57 Å². The summed E-state index contributed by atoms with van der Waals surface area (Å²) in [5, 5.41) is 4.39. The molecule has 3 N–H and O–H groups in total. The monoisotopic (exact) mass is 273 g/mol. The summed E-state index contributed by atoms with van der Waals surface area (Å²) in [6, 6.07) is 7.49. The van der Waals surface area contributed by atoms with Gasteiger partial charge in [-0.2, -0.15) is 0 Å². The van der Waals surface area contributed by atoms with Gasteiger partial charge in [0.25, 0.3) is 5.56 Å². The molecule has 1 saturated carbocycles. The molecule has 0 spiro atoms. The fourth-order valence-electron chi connectivity index (χ4n) is 2.71. The van der Waals surface area contributed by atoms with Crippen molar-refractivity contribution in [1.29, 1.82) is 0 Å². The summed E-state index contributed by atoms with van der Waals surface area (Å²) in [6.07, 6.45) is 2.33. The van der Waals surface area contributed by atoms with Gasteiger partial charge in [0.1, 0.15) is 0 Å². The Kier molecular flexibility index (Phi) is 3.14. The quantitative estimate of drug-likeness (QED) is 0.835. The van der Waals surface area contributed by atoms with E-state index in [4.69, 9.17) is 10.5 Å². The van der Waals surface area contributed by atoms with Crippen molar-refractivity contribution >= 4 is 22.3 Å². The minimum absolute atomic E-state index is 0.0296. The summed E-state index contributed by atoms with van der Waals surface area (Å²) in [7, 11) is 3.49. The zero-order chi connectivity index (χ0) is 14.3. The molecule has 1 fully saturated rings. The molecule has 1 aliphatic carbocycles. The smallest absolute Gasteiger partial charge is 0.252 e. The van der Waals surface area contributed by atoms with Crippen LogP contribution in [0.5, 0.6) is 0 Å². The van der Waals surface area contributed by atoms with Gasteiger partial charge in [-0.05, 0) is 31.0 Å². The lowest BCUT2D eigenvalue weighted by Crippen LogP contribution is -2.44. The zero-order valence-electron chi connectivity index (χ0n) is 11.7. The van der Waals surface area contributed by atoms with Gasteiger partial charge in [0, 0.05) is 37.0 Å². The van der Waals surface area contributed by atoms with Crippen LogP contribution in [0.1, 0.15) is 12.8 Å². The van der Waals surface area contributed by atoms with E-state index in [1.165, 1.54) is 0 Å². The molecule has 2 unspecified atom stereocenters. The largest absolute Gasteiger partial charge is 0.399 e. The van der Waals surface area contributed by atoms with Crippen molar-refractivity contribution < 1.29 is 4.74 Å². The first kappa shape index (κ1) is 13.0. The number of benzene rings is 1. The van der Waals surface area contributed by atoms with Crippen molar-refractivity contribution in [3.63, 3.8) is 0 Å². The highest BCUT2D eigenvalue weighted by Crippen LogP contribution is 2.30. The number of nitrogens with two attached hydrogens (primary N) is 1. The average molecular weight is 273 g/mol. The molecule has 0 amide bonds. The molecule has 1 heterocycles. The normalized spacial score (nSPS) is 21.7. The lowest BCUT2D eigenvalue weighted by atomic mass is 9.88. The molecule has 106 valence electrons. The molecule has 5 heteroatoms. The number of anilines is 2. The predicted molar refractivity (Wildman–Crippen MR) is 81.0 cm³/mol. The molecule has 0 saturated heterocycles. The Balaban J connectivity index is 2.07. The standard InChI is InChI=1S/C15H19N3O2/c1-18-13-5-3-9(16)7-10(13)12(8-15(18)19)17-11-4-6-14(11)20-2/h3,5,7-8,11,14,17H,4,6,16H2,1-2H3. The van der Waals surface area contributed by atoms with E-state index < -0.39 is 0 Å². The second-order valence-corrected chi connectivity index (χ2v) is 5.33. The van der Waals surface area contributed by atoms with Gasteiger partial charge >= 0.3 is 0 Å². The second-order valence-electron chi connectivity index (χ2n) is 5.33. The molecule has 2 aromatic rings. The van der Waals surface area contributed by atoms with E-state index in [0.29, 0.717) is 5.69 Å². The molecule has 5 nitrogen and oxygen atoms in total. The minimum Gasteiger partial charge on any atom is -0.399 e. The maximum Gasteiger partial charge on any atom is 0.252 e. The van der Waals surface area contributed by atoms with Crippen molar-refractivity contribution in [2.24, 2.45) is 7.05 Å². The van der Waals surface area contributed by atoms with Gasteiger partial charge in [0.15, 0.2) is 0 Å². The third-order valence-electron chi connectivity index (χ3n) is 4.13. The van der Waals surface area contributed by atoms with Gasteiger partial charge in [-0.15, -0.1) is 0 Å². The highest BCUT2D eigenvalue weighted by atomic mass is 16.5. The summed E-state index contributed by atoms with van der Waals surface area (Å²) in [4.78, 5) is 12.0. The van der Waals surface area contributed by atoms with Crippen LogP contribution in [0, 0.1) is 0 Å². The van der Waals surface area contributed by atoms with E-state index in [1.54, 1.807) is 24.8 Å². The molecule has 20 heavy (non-hydrogen) atoms. The maximum absolute atomic E-state index is 12.0. The summed E-state index contributed by atoms with van der Waals surface area (Å²) < 4.78 is 7.02. The number of fused-ring (bicyclic) bond motifs is 1. The van der Waals surface area contributed by atoms with E-state index in [0.717, 1.165) is 29.4 Å². The maximum atomic E-state index is 12.0. The highest BCUT2D eigenvalue weighted by Gasteiger charge is 2.31. The number of hydrogen-bond acceptors (Lipinski definition) is 4. The Morgan fingerprint density at radius 3 is 2.80 bits per heavy atom. The topological polar surface area (TPSA) is 69.3 Å². The van der Waals surface area contributed by atoms with E-state index in [-0.39, 0.29) is 17.7 Å². The third-order valence-corrected chi connectivity index (χ3v) is 4.13. The van der Waals surface area contributed by atoms with E-state index in [2.05, 4.69) is 5.32 Å². The number of methoxy groups -OCH3 is 1. The molecule has 2 atom stereocenters. The molecule has 1 aliphatic rings. The first-order valence-corrected chi connectivity index (χ1v) is 6.79. The summed E-state index contributed by atoms with van der Waals surface area (Å²) in [5.41, 5.74) is 8.25. The number of ether oxygens (including phenoxy) is 1. The molecular weight excluding hydrogens is 254 g/mol. The molecule has 3 rings (SSSR count). The van der Waals surface area contributed by atoms with Crippen LogP contribution in [0.3, 0.4) is 0 Å². The third kappa shape index (κ3) is 2.04. The fraction of sp³-hybridized carbons (Fsp3) is 0.400. The summed E-state index contributed by atoms with van der Waals surface area (Å²) in [6.45, 7) is 0. The van der Waals surface area contributed by atoms with Crippen molar-refractivity contribution in [3.8, 4) is 0 Å². The first-order valence-electron chi connectivity index (χ1n) is 6.79. The number of nitrogens with zero attached hydrogens (tertiary/aromatic N) is 1. The van der Waals surface area contributed by atoms with Crippen LogP contribution in [-0.2, 0) is 11.8 Å². The van der Waals surface area contributed by atoms with Crippen molar-refractivity contribution in [3.05, 3.63) is 34.6 Å². The van der Waals surface area contributed by atoms with Crippen LogP contribution in [0.15, 0.2) is 29.1 Å². The van der Waals surface area contributed by atoms with Gasteiger partial charge in [0.05, 0.1) is 17.7 Å². The van der Waals surface area contributed by atoms with Gasteiger partial charge in [-0.1, -0.05) is 0 Å². The minimum atomic E-state index is -0.0296. The Hall–Kier alpha value is -2.01. The Morgan fingerprint density at radius 1 is 1.35 bits per heavy atom. The molecule has 0 aliphatic heterocycles. The van der Waals surface area contributed by atoms with Gasteiger partial charge in [-0.3, -0.25) is 4.79 Å². The SMILES string of the molecule is COC1CCC1Nc1cc(=O)n(C)c2ccc(N)cc12. The van der Waals surface area contributed by atoms with Crippen molar-refractivity contribution in [2.75, 3.05) is 18.2 Å². The number of nitrogens with one attached hydrogen (secondary N) is 1. The van der Waals surface area contributed by atoms with Crippen molar-refractivity contribution in [2.45, 2.75) is 25.0 Å². The predicted octanol–water partition coefficient (Wildman–Crippen LogP) is 1.71. The van der Waals surface area contributed by atoms with Crippen LogP contribution in [0.2, 0.25) is 0 Å². The summed E-state index contributed by atoms with van der Waals surface area (Å²) in [5.74, 6) is 0. The fourth-order valence-corrected chi connectivity index (χ4v) is 2.71. The number of rotatable bonds is 3. The zero-order valence-corrected chi connectivity index (χ0v) is 11.7. The lowest BCUT2D eigenvalue weighted by molar-refractivity contribution is 0.0287.